The van der Waals surface area contributed by atoms with E-state index in [1.807, 2.05) is 0 Å². The molecule has 1 heterocycles. The highest BCUT2D eigenvalue weighted by Crippen LogP contribution is 2.20. The minimum atomic E-state index is -4.38. The van der Waals surface area contributed by atoms with E-state index in [0.717, 1.165) is 0 Å². The number of aromatic nitrogens is 1. The van der Waals surface area contributed by atoms with Crippen molar-refractivity contribution in [2.24, 2.45) is 0 Å². The number of nitrogens with one attached hydrogen (secondary N) is 1. The van der Waals surface area contributed by atoms with Gasteiger partial charge in [0.2, 0.25) is 0 Å². The van der Waals surface area contributed by atoms with Gasteiger partial charge in [-0.25, -0.2) is 0 Å². The van der Waals surface area contributed by atoms with Gasteiger partial charge in [-0.3, -0.25) is 9.78 Å². The number of halogens is 3. The second-order valence-corrected chi connectivity index (χ2v) is 5.32. The molecule has 1 atom stereocenters. The third-order valence-corrected chi connectivity index (χ3v) is 3.00. The number of ether oxygens (including phenoxy) is 2. The predicted molar refractivity (Wildman–Crippen MR) is 84.6 cm³/mol. The van der Waals surface area contributed by atoms with Crippen molar-refractivity contribution in [2.75, 3.05) is 13.2 Å². The van der Waals surface area contributed by atoms with Gasteiger partial charge in [-0.15, -0.1) is 0 Å². The van der Waals surface area contributed by atoms with Crippen LogP contribution in [-0.2, 0) is 4.74 Å². The van der Waals surface area contributed by atoms with E-state index >= 15 is 0 Å². The van der Waals surface area contributed by atoms with E-state index in [1.165, 1.54) is 0 Å². The average Bonchev–Trinajstić information content (AvgIpc) is 2.55. The Labute approximate surface area is 142 Å². The molecule has 0 spiro atoms. The van der Waals surface area contributed by atoms with Gasteiger partial charge >= 0.3 is 6.18 Å². The molecule has 2 aromatic rings. The van der Waals surface area contributed by atoms with Crippen molar-refractivity contribution in [3.8, 4) is 11.5 Å². The normalized spacial score (nSPS) is 12.5. The van der Waals surface area contributed by atoms with Crippen LogP contribution in [0, 0.1) is 0 Å². The summed E-state index contributed by atoms with van der Waals surface area (Å²) in [5.41, 5.74) is 0.362. The van der Waals surface area contributed by atoms with Gasteiger partial charge in [-0.2, -0.15) is 13.2 Å². The monoisotopic (exact) mass is 354 g/mol. The Hall–Kier alpha value is -2.61. The van der Waals surface area contributed by atoms with E-state index in [2.05, 4.69) is 15.0 Å². The van der Waals surface area contributed by atoms with Crippen molar-refractivity contribution in [1.82, 2.24) is 10.3 Å². The van der Waals surface area contributed by atoms with Crippen LogP contribution < -0.4 is 10.1 Å². The molecule has 0 saturated carbocycles. The summed E-state index contributed by atoms with van der Waals surface area (Å²) in [5.74, 6) is 0.692. The van der Waals surface area contributed by atoms with Crippen LogP contribution in [0.2, 0.25) is 0 Å². The lowest BCUT2D eigenvalue weighted by Crippen LogP contribution is -2.36. The highest BCUT2D eigenvalue weighted by atomic mass is 19.4. The van der Waals surface area contributed by atoms with Crippen LogP contribution in [0.25, 0.3) is 0 Å². The van der Waals surface area contributed by atoms with Crippen LogP contribution in [0.5, 0.6) is 11.5 Å². The number of carbonyl (C=O) groups is 1. The highest BCUT2D eigenvalue weighted by Gasteiger charge is 2.27. The number of hydrogen-bond acceptors (Lipinski definition) is 4. The summed E-state index contributed by atoms with van der Waals surface area (Å²) >= 11 is 0. The topological polar surface area (TPSA) is 60.5 Å². The maximum Gasteiger partial charge on any atom is 0.411 e. The summed E-state index contributed by atoms with van der Waals surface area (Å²) in [4.78, 5) is 16.0. The van der Waals surface area contributed by atoms with Crippen LogP contribution in [0.3, 0.4) is 0 Å². The van der Waals surface area contributed by atoms with E-state index in [9.17, 15) is 18.0 Å². The quantitative estimate of drug-likeness (QED) is 0.826. The zero-order chi connectivity index (χ0) is 18.3. The molecule has 8 heteroatoms. The first-order chi connectivity index (χ1) is 11.8. The Morgan fingerprint density at radius 3 is 2.52 bits per heavy atom. The minimum Gasteiger partial charge on any atom is -0.456 e. The SMILES string of the molecule is CC(COCC(F)(F)F)NC(=O)c1ccc(Oc2cccnc2)cc1. The molecular formula is C17H17F3N2O3. The third-order valence-electron chi connectivity index (χ3n) is 3.00. The van der Waals surface area contributed by atoms with E-state index in [4.69, 9.17) is 4.74 Å². The molecule has 2 rings (SSSR count). The van der Waals surface area contributed by atoms with E-state index in [0.29, 0.717) is 17.1 Å². The largest absolute Gasteiger partial charge is 0.456 e. The van der Waals surface area contributed by atoms with Crippen molar-refractivity contribution in [3.05, 3.63) is 54.4 Å². The summed E-state index contributed by atoms with van der Waals surface area (Å²) < 4.78 is 46.1. The molecule has 0 aliphatic carbocycles. The van der Waals surface area contributed by atoms with Crippen molar-refractivity contribution in [2.45, 2.75) is 19.1 Å². The molecular weight excluding hydrogens is 337 g/mol. The smallest absolute Gasteiger partial charge is 0.411 e. The Bertz CT molecular complexity index is 676. The summed E-state index contributed by atoms with van der Waals surface area (Å²) in [6, 6.07) is 9.28. The zero-order valence-electron chi connectivity index (χ0n) is 13.4. The molecule has 134 valence electrons. The van der Waals surface area contributed by atoms with Crippen molar-refractivity contribution >= 4 is 5.91 Å². The molecule has 1 amide bonds. The predicted octanol–water partition coefficient (Wildman–Crippen LogP) is 3.57. The lowest BCUT2D eigenvalue weighted by molar-refractivity contribution is -0.174. The molecule has 1 aromatic carbocycles. The molecule has 1 aromatic heterocycles. The number of alkyl halides is 3. The second-order valence-electron chi connectivity index (χ2n) is 5.32. The van der Waals surface area contributed by atoms with E-state index in [1.54, 1.807) is 55.7 Å². The third kappa shape index (κ3) is 6.80. The first-order valence-electron chi connectivity index (χ1n) is 7.47. The standard InChI is InChI=1S/C17H17F3N2O3/c1-12(10-24-11-17(18,19)20)22-16(23)13-4-6-14(7-5-13)25-15-3-2-8-21-9-15/h2-9,12H,10-11H2,1H3,(H,22,23). The highest BCUT2D eigenvalue weighted by molar-refractivity contribution is 5.94. The number of benzene rings is 1. The fourth-order valence-electron chi connectivity index (χ4n) is 1.92. The van der Waals surface area contributed by atoms with E-state index < -0.39 is 24.7 Å². The van der Waals surface area contributed by atoms with Crippen LogP contribution in [0.1, 0.15) is 17.3 Å². The van der Waals surface area contributed by atoms with E-state index in [-0.39, 0.29) is 6.61 Å². The van der Waals surface area contributed by atoms with Gasteiger partial charge < -0.3 is 14.8 Å². The molecule has 0 aliphatic heterocycles. The van der Waals surface area contributed by atoms with Crippen LogP contribution in [0.15, 0.2) is 48.8 Å². The molecule has 0 aliphatic rings. The van der Waals surface area contributed by atoms with Crippen LogP contribution in [-0.4, -0.2) is 36.3 Å². The number of rotatable bonds is 7. The molecule has 5 nitrogen and oxygen atoms in total. The zero-order valence-corrected chi connectivity index (χ0v) is 13.4. The molecule has 1 N–H and O–H groups in total. The summed E-state index contributed by atoms with van der Waals surface area (Å²) in [6.45, 7) is -0.00476. The van der Waals surface area contributed by atoms with Crippen molar-refractivity contribution in [3.63, 3.8) is 0 Å². The summed E-state index contributed by atoms with van der Waals surface area (Å²) in [5, 5.41) is 2.57. The number of nitrogens with zero attached hydrogens (tertiary/aromatic N) is 1. The molecule has 0 fully saturated rings. The van der Waals surface area contributed by atoms with Gasteiger partial charge in [0.25, 0.3) is 5.91 Å². The van der Waals surface area contributed by atoms with Crippen molar-refractivity contribution in [1.29, 1.82) is 0 Å². The first kappa shape index (κ1) is 18.7. The number of carbonyl (C=O) groups excluding carboxylic acids is 1. The first-order valence-corrected chi connectivity index (χ1v) is 7.47. The number of hydrogen-bond donors (Lipinski definition) is 1. The molecule has 0 bridgehead atoms. The second kappa shape index (κ2) is 8.48. The maximum absolute atomic E-state index is 12.0. The Morgan fingerprint density at radius 1 is 1.20 bits per heavy atom. The number of pyridine rings is 1. The van der Waals surface area contributed by atoms with Gasteiger partial charge in [-0.05, 0) is 43.3 Å². The number of amides is 1. The maximum atomic E-state index is 12.0. The lowest BCUT2D eigenvalue weighted by atomic mass is 10.2. The summed E-state index contributed by atoms with van der Waals surface area (Å²) in [6.07, 6.45) is -1.20. The molecule has 0 radical (unpaired) electrons. The Kier molecular flexibility index (Phi) is 6.35. The molecule has 0 saturated heterocycles. The van der Waals surface area contributed by atoms with Crippen molar-refractivity contribution < 1.29 is 27.4 Å². The van der Waals surface area contributed by atoms with Gasteiger partial charge in [0.15, 0.2) is 0 Å². The van der Waals surface area contributed by atoms with Gasteiger partial charge in [0.05, 0.1) is 12.8 Å². The fourth-order valence-corrected chi connectivity index (χ4v) is 1.92. The molecule has 25 heavy (non-hydrogen) atoms. The van der Waals surface area contributed by atoms with Gasteiger partial charge in [0.1, 0.15) is 18.1 Å². The average molecular weight is 354 g/mol. The fraction of sp³-hybridized carbons (Fsp3) is 0.294. The minimum absolute atomic E-state index is 0.229. The van der Waals surface area contributed by atoms with Gasteiger partial charge in [0, 0.05) is 17.8 Å². The Balaban J connectivity index is 1.83. The lowest BCUT2D eigenvalue weighted by Gasteiger charge is -2.15. The summed E-state index contributed by atoms with van der Waals surface area (Å²) in [7, 11) is 0. The Morgan fingerprint density at radius 2 is 1.92 bits per heavy atom. The molecule has 1 unspecified atom stereocenters. The van der Waals surface area contributed by atoms with Crippen LogP contribution >= 0.6 is 0 Å². The van der Waals surface area contributed by atoms with Gasteiger partial charge in [-0.1, -0.05) is 0 Å². The van der Waals surface area contributed by atoms with Crippen LogP contribution in [0.4, 0.5) is 13.2 Å².